The number of nitrogens with zero attached hydrogens (tertiary/aromatic N) is 3. The van der Waals surface area contributed by atoms with Crippen LogP contribution in [0.25, 0.3) is 0 Å². The van der Waals surface area contributed by atoms with Gasteiger partial charge in [0.2, 0.25) is 0 Å². The summed E-state index contributed by atoms with van der Waals surface area (Å²) in [6, 6.07) is 0. The quantitative estimate of drug-likeness (QED) is 0.845. The summed E-state index contributed by atoms with van der Waals surface area (Å²) in [7, 11) is 2.00. The highest BCUT2D eigenvalue weighted by Gasteiger charge is 2.29. The molecule has 1 heterocycles. The minimum absolute atomic E-state index is 0.525. The number of hydrogen-bond donors (Lipinski definition) is 1. The van der Waals surface area contributed by atoms with Crippen LogP contribution in [0.4, 0.5) is 0 Å². The third-order valence-electron chi connectivity index (χ3n) is 3.70. The van der Waals surface area contributed by atoms with Crippen molar-refractivity contribution in [3.8, 4) is 0 Å². The van der Waals surface area contributed by atoms with Crippen LogP contribution >= 0.6 is 0 Å². The van der Waals surface area contributed by atoms with E-state index >= 15 is 0 Å². The molecule has 1 aromatic rings. The molecule has 90 valence electrons. The molecule has 0 bridgehead atoms. The van der Waals surface area contributed by atoms with Crippen LogP contribution in [0, 0.1) is 5.92 Å². The van der Waals surface area contributed by atoms with Crippen molar-refractivity contribution in [3.63, 3.8) is 0 Å². The molecule has 0 aromatic carbocycles. The molecule has 0 spiro atoms. The summed E-state index contributed by atoms with van der Waals surface area (Å²) in [5.41, 5.74) is 5.86. The maximum atomic E-state index is 5.86. The predicted molar refractivity (Wildman–Crippen MR) is 64.1 cm³/mol. The Morgan fingerprint density at radius 2 is 2.12 bits per heavy atom. The van der Waals surface area contributed by atoms with Gasteiger partial charge in [-0.2, -0.15) is 5.10 Å². The van der Waals surface area contributed by atoms with Gasteiger partial charge in [0.25, 0.3) is 0 Å². The van der Waals surface area contributed by atoms with Gasteiger partial charge in [-0.1, -0.05) is 19.8 Å². The highest BCUT2D eigenvalue weighted by Crippen LogP contribution is 2.36. The largest absolute Gasteiger partial charge is 0.330 e. The minimum Gasteiger partial charge on any atom is -0.330 e. The molecule has 0 amide bonds. The Hall–Kier alpha value is -0.900. The second-order valence-corrected chi connectivity index (χ2v) is 4.75. The highest BCUT2D eigenvalue weighted by molar-refractivity contribution is 5.04. The van der Waals surface area contributed by atoms with Crippen molar-refractivity contribution < 1.29 is 0 Å². The Bertz CT molecular complexity index is 345. The average Bonchev–Trinajstić information content (AvgIpc) is 2.70. The lowest BCUT2D eigenvalue weighted by Gasteiger charge is -2.29. The standard InChI is InChI=1S/C12H22N4/c1-3-11-14-12(16(2)15-11)10-7-5-4-6-9(10)8-13/h9-10H,3-8,13H2,1-2H3. The zero-order valence-corrected chi connectivity index (χ0v) is 10.3. The van der Waals surface area contributed by atoms with Gasteiger partial charge in [0.1, 0.15) is 5.82 Å². The molecule has 4 heteroatoms. The Morgan fingerprint density at radius 1 is 1.38 bits per heavy atom. The fraction of sp³-hybridized carbons (Fsp3) is 0.833. The van der Waals surface area contributed by atoms with E-state index in [2.05, 4.69) is 17.0 Å². The molecule has 1 fully saturated rings. The van der Waals surface area contributed by atoms with Crippen molar-refractivity contribution in [2.75, 3.05) is 6.54 Å². The van der Waals surface area contributed by atoms with Crippen LogP contribution in [0.1, 0.15) is 50.2 Å². The molecule has 1 aromatic heterocycles. The lowest BCUT2D eigenvalue weighted by atomic mass is 9.79. The van der Waals surface area contributed by atoms with Crippen molar-refractivity contribution in [1.82, 2.24) is 14.8 Å². The lowest BCUT2D eigenvalue weighted by molar-refractivity contribution is 0.298. The highest BCUT2D eigenvalue weighted by atomic mass is 15.3. The smallest absolute Gasteiger partial charge is 0.150 e. The summed E-state index contributed by atoms with van der Waals surface area (Å²) >= 11 is 0. The van der Waals surface area contributed by atoms with Crippen LogP contribution in [0.2, 0.25) is 0 Å². The van der Waals surface area contributed by atoms with E-state index in [4.69, 9.17) is 5.73 Å². The van der Waals surface area contributed by atoms with Crippen molar-refractivity contribution in [2.45, 2.75) is 44.9 Å². The van der Waals surface area contributed by atoms with E-state index in [0.717, 1.165) is 24.6 Å². The molecule has 0 radical (unpaired) electrons. The number of aryl methyl sites for hydroxylation is 2. The van der Waals surface area contributed by atoms with Crippen molar-refractivity contribution in [2.24, 2.45) is 18.7 Å². The molecule has 16 heavy (non-hydrogen) atoms. The third-order valence-corrected chi connectivity index (χ3v) is 3.70. The molecule has 2 rings (SSSR count). The van der Waals surface area contributed by atoms with Crippen LogP contribution in [-0.2, 0) is 13.5 Å². The summed E-state index contributed by atoms with van der Waals surface area (Å²) in [6.07, 6.45) is 5.99. The van der Waals surface area contributed by atoms with Crippen LogP contribution in [0.15, 0.2) is 0 Å². The SMILES string of the molecule is CCc1nc(C2CCCCC2CN)n(C)n1. The van der Waals surface area contributed by atoms with Gasteiger partial charge >= 0.3 is 0 Å². The van der Waals surface area contributed by atoms with Crippen LogP contribution in [0.5, 0.6) is 0 Å². The summed E-state index contributed by atoms with van der Waals surface area (Å²) in [6.45, 7) is 2.87. The fourth-order valence-electron chi connectivity index (χ4n) is 2.75. The first-order chi connectivity index (χ1) is 7.76. The average molecular weight is 222 g/mol. The minimum atomic E-state index is 0.525. The predicted octanol–water partition coefficient (Wildman–Crippen LogP) is 1.61. The van der Waals surface area contributed by atoms with Gasteiger partial charge in [-0.15, -0.1) is 0 Å². The number of rotatable bonds is 3. The van der Waals surface area contributed by atoms with Crippen LogP contribution in [-0.4, -0.2) is 21.3 Å². The van der Waals surface area contributed by atoms with E-state index in [9.17, 15) is 0 Å². The van der Waals surface area contributed by atoms with Crippen molar-refractivity contribution >= 4 is 0 Å². The fourth-order valence-corrected chi connectivity index (χ4v) is 2.75. The first-order valence-corrected chi connectivity index (χ1v) is 6.36. The topological polar surface area (TPSA) is 56.7 Å². The Balaban J connectivity index is 2.23. The van der Waals surface area contributed by atoms with Gasteiger partial charge in [-0.25, -0.2) is 4.98 Å². The molecule has 1 saturated carbocycles. The molecule has 0 aliphatic heterocycles. The molecule has 4 nitrogen and oxygen atoms in total. The summed E-state index contributed by atoms with van der Waals surface area (Å²) in [4.78, 5) is 4.65. The lowest BCUT2D eigenvalue weighted by Crippen LogP contribution is -2.27. The second-order valence-electron chi connectivity index (χ2n) is 4.75. The van der Waals surface area contributed by atoms with Crippen LogP contribution < -0.4 is 5.73 Å². The summed E-state index contributed by atoms with van der Waals surface area (Å²) < 4.78 is 1.96. The zero-order chi connectivity index (χ0) is 11.5. The third kappa shape index (κ3) is 2.12. The maximum absolute atomic E-state index is 5.86. The number of aromatic nitrogens is 3. The Morgan fingerprint density at radius 3 is 2.75 bits per heavy atom. The number of nitrogens with two attached hydrogens (primary N) is 1. The van der Waals surface area contributed by atoms with Gasteiger partial charge in [-0.3, -0.25) is 4.68 Å². The summed E-state index contributed by atoms with van der Waals surface area (Å²) in [5.74, 6) is 3.23. The van der Waals surface area contributed by atoms with Crippen molar-refractivity contribution in [3.05, 3.63) is 11.6 Å². The van der Waals surface area contributed by atoms with E-state index in [-0.39, 0.29) is 0 Å². The summed E-state index contributed by atoms with van der Waals surface area (Å²) in [5, 5.41) is 4.44. The molecular formula is C12H22N4. The monoisotopic (exact) mass is 222 g/mol. The first kappa shape index (κ1) is 11.6. The Labute approximate surface area is 97.2 Å². The van der Waals surface area contributed by atoms with Crippen LogP contribution in [0.3, 0.4) is 0 Å². The van der Waals surface area contributed by atoms with Gasteiger partial charge in [0.15, 0.2) is 5.82 Å². The Kier molecular flexibility index (Phi) is 3.59. The van der Waals surface area contributed by atoms with E-state index in [0.29, 0.717) is 11.8 Å². The van der Waals surface area contributed by atoms with Gasteiger partial charge in [-0.05, 0) is 25.3 Å². The van der Waals surface area contributed by atoms with Gasteiger partial charge in [0, 0.05) is 19.4 Å². The second kappa shape index (κ2) is 4.95. The first-order valence-electron chi connectivity index (χ1n) is 6.36. The number of hydrogen-bond acceptors (Lipinski definition) is 3. The van der Waals surface area contributed by atoms with E-state index in [1.807, 2.05) is 11.7 Å². The normalized spacial score (nSPS) is 25.9. The molecule has 2 unspecified atom stereocenters. The molecule has 0 saturated heterocycles. The van der Waals surface area contributed by atoms with E-state index in [1.165, 1.54) is 25.7 Å². The van der Waals surface area contributed by atoms with E-state index in [1.54, 1.807) is 0 Å². The molecule has 1 aliphatic rings. The zero-order valence-electron chi connectivity index (χ0n) is 10.3. The molecular weight excluding hydrogens is 200 g/mol. The molecule has 1 aliphatic carbocycles. The van der Waals surface area contributed by atoms with Gasteiger partial charge in [0.05, 0.1) is 0 Å². The van der Waals surface area contributed by atoms with Crippen molar-refractivity contribution in [1.29, 1.82) is 0 Å². The molecule has 2 atom stereocenters. The molecule has 2 N–H and O–H groups in total. The van der Waals surface area contributed by atoms with E-state index < -0.39 is 0 Å². The maximum Gasteiger partial charge on any atom is 0.150 e. The van der Waals surface area contributed by atoms with Gasteiger partial charge < -0.3 is 5.73 Å².